The van der Waals surface area contributed by atoms with Crippen molar-refractivity contribution < 1.29 is 18.7 Å². The highest BCUT2D eigenvalue weighted by atomic mass is 35.5. The lowest BCUT2D eigenvalue weighted by molar-refractivity contribution is 0.0714. The summed E-state index contributed by atoms with van der Waals surface area (Å²) >= 11 is 6.35. The van der Waals surface area contributed by atoms with E-state index in [0.29, 0.717) is 52.8 Å². The minimum atomic E-state index is -0.664. The highest BCUT2D eigenvalue weighted by Crippen LogP contribution is 2.42. The highest BCUT2D eigenvalue weighted by molar-refractivity contribution is 6.32. The summed E-state index contributed by atoms with van der Waals surface area (Å²) in [5, 5.41) is 0.819. The van der Waals surface area contributed by atoms with Crippen LogP contribution >= 0.6 is 11.6 Å². The minimum absolute atomic E-state index is 0.0597. The number of aryl methyl sites for hydroxylation is 1. The van der Waals surface area contributed by atoms with Gasteiger partial charge in [0.25, 0.3) is 5.91 Å². The van der Waals surface area contributed by atoms with Crippen molar-refractivity contribution in [1.82, 2.24) is 4.90 Å². The van der Waals surface area contributed by atoms with E-state index >= 15 is 0 Å². The van der Waals surface area contributed by atoms with Gasteiger partial charge in [0.05, 0.1) is 30.2 Å². The largest absolute Gasteiger partial charge is 0.490 e. The molecule has 0 fully saturated rings. The van der Waals surface area contributed by atoms with Gasteiger partial charge in [-0.3, -0.25) is 9.59 Å². The van der Waals surface area contributed by atoms with Crippen LogP contribution in [0, 0.1) is 6.92 Å². The van der Waals surface area contributed by atoms with Crippen LogP contribution in [0.15, 0.2) is 69.9 Å². The lowest BCUT2D eigenvalue weighted by Crippen LogP contribution is -2.29. The van der Waals surface area contributed by atoms with Gasteiger partial charge in [-0.2, -0.15) is 0 Å². The molecule has 0 bridgehead atoms. The number of amides is 1. The van der Waals surface area contributed by atoms with Crippen LogP contribution < -0.4 is 14.9 Å². The van der Waals surface area contributed by atoms with Crippen molar-refractivity contribution >= 4 is 28.5 Å². The summed E-state index contributed by atoms with van der Waals surface area (Å²) in [6.45, 7) is 7.08. The van der Waals surface area contributed by atoms with Gasteiger partial charge in [-0.1, -0.05) is 54.9 Å². The lowest BCUT2D eigenvalue weighted by Gasteiger charge is -2.26. The number of hydrogen-bond acceptors (Lipinski definition) is 5. The molecule has 37 heavy (non-hydrogen) atoms. The van der Waals surface area contributed by atoms with Crippen LogP contribution in [0.5, 0.6) is 11.5 Å². The Labute approximate surface area is 220 Å². The predicted octanol–water partition coefficient (Wildman–Crippen LogP) is 6.69. The number of fused-ring (bicyclic) bond motifs is 2. The zero-order valence-corrected chi connectivity index (χ0v) is 21.8. The average Bonchev–Trinajstić information content (AvgIpc) is 3.17. The number of rotatable bonds is 8. The van der Waals surface area contributed by atoms with Gasteiger partial charge in [-0.25, -0.2) is 0 Å². The molecule has 4 aromatic rings. The van der Waals surface area contributed by atoms with Gasteiger partial charge in [-0.15, -0.1) is 0 Å². The van der Waals surface area contributed by atoms with Crippen molar-refractivity contribution in [3.05, 3.63) is 104 Å². The number of halogens is 1. The Morgan fingerprint density at radius 2 is 1.76 bits per heavy atom. The second-order valence-corrected chi connectivity index (χ2v) is 9.49. The van der Waals surface area contributed by atoms with Crippen molar-refractivity contribution in [2.45, 2.75) is 39.8 Å². The Morgan fingerprint density at radius 1 is 0.973 bits per heavy atom. The molecule has 1 atom stereocenters. The Kier molecular flexibility index (Phi) is 6.94. The second kappa shape index (κ2) is 10.3. The van der Waals surface area contributed by atoms with Crippen molar-refractivity contribution in [1.29, 1.82) is 0 Å². The fourth-order valence-corrected chi connectivity index (χ4v) is 4.89. The highest BCUT2D eigenvalue weighted by Gasteiger charge is 2.43. The molecule has 1 amide bonds. The van der Waals surface area contributed by atoms with Gasteiger partial charge in [0.2, 0.25) is 5.76 Å². The van der Waals surface area contributed by atoms with Gasteiger partial charge in [0.1, 0.15) is 5.58 Å². The topological polar surface area (TPSA) is 69.0 Å². The lowest BCUT2D eigenvalue weighted by atomic mass is 9.97. The number of hydrogen-bond donors (Lipinski definition) is 0. The van der Waals surface area contributed by atoms with E-state index in [1.54, 1.807) is 17.0 Å². The molecule has 0 radical (unpaired) electrons. The van der Waals surface area contributed by atoms with E-state index in [2.05, 4.69) is 0 Å². The minimum Gasteiger partial charge on any atom is -0.490 e. The zero-order valence-electron chi connectivity index (χ0n) is 21.0. The summed E-state index contributed by atoms with van der Waals surface area (Å²) in [5.41, 5.74) is 2.83. The monoisotopic (exact) mass is 517 g/mol. The van der Waals surface area contributed by atoms with Crippen LogP contribution in [0.3, 0.4) is 0 Å². The molecule has 0 saturated carbocycles. The van der Waals surface area contributed by atoms with E-state index in [4.69, 9.17) is 25.5 Å². The summed E-state index contributed by atoms with van der Waals surface area (Å²) in [7, 11) is 0. The molecule has 0 spiro atoms. The first kappa shape index (κ1) is 24.9. The molecule has 1 aliphatic heterocycles. The van der Waals surface area contributed by atoms with Gasteiger partial charge < -0.3 is 18.8 Å². The first-order chi connectivity index (χ1) is 17.9. The molecule has 5 rings (SSSR count). The van der Waals surface area contributed by atoms with Gasteiger partial charge in [-0.05, 0) is 61.2 Å². The molecular weight excluding hydrogens is 490 g/mol. The van der Waals surface area contributed by atoms with Crippen molar-refractivity contribution in [3.8, 4) is 11.5 Å². The van der Waals surface area contributed by atoms with Gasteiger partial charge in [0, 0.05) is 11.6 Å². The summed E-state index contributed by atoms with van der Waals surface area (Å²) < 4.78 is 17.9. The molecule has 0 N–H and O–H groups in total. The van der Waals surface area contributed by atoms with E-state index in [1.165, 1.54) is 0 Å². The Hall–Kier alpha value is -3.77. The Morgan fingerprint density at radius 3 is 2.49 bits per heavy atom. The van der Waals surface area contributed by atoms with E-state index in [9.17, 15) is 9.59 Å². The SMILES string of the molecule is CCCOc1ccc(C2c3c(oc4cc(C)c(Cl)cc4c3=O)C(=O)N2Cc2ccccc2)cc1OCC. The summed E-state index contributed by atoms with van der Waals surface area (Å²) in [6, 6.07) is 17.9. The van der Waals surface area contributed by atoms with Crippen LogP contribution in [0.4, 0.5) is 0 Å². The molecule has 0 saturated heterocycles. The third kappa shape index (κ3) is 4.58. The molecule has 3 aromatic carbocycles. The quantitative estimate of drug-likeness (QED) is 0.260. The normalized spacial score (nSPS) is 14.8. The van der Waals surface area contributed by atoms with Crippen molar-refractivity contribution in [2.24, 2.45) is 0 Å². The van der Waals surface area contributed by atoms with Crippen molar-refractivity contribution in [3.63, 3.8) is 0 Å². The van der Waals surface area contributed by atoms with Crippen LogP contribution in [0.1, 0.15) is 59.1 Å². The molecule has 2 heterocycles. The van der Waals surface area contributed by atoms with Crippen LogP contribution in [0.2, 0.25) is 5.02 Å². The number of carbonyl (C=O) groups excluding carboxylic acids is 1. The van der Waals surface area contributed by atoms with E-state index in [1.807, 2.05) is 69.3 Å². The Bertz CT molecular complexity index is 1530. The summed E-state index contributed by atoms with van der Waals surface area (Å²) in [4.78, 5) is 29.3. The molecule has 1 aromatic heterocycles. The maximum atomic E-state index is 13.9. The predicted molar refractivity (Wildman–Crippen MR) is 144 cm³/mol. The third-order valence-corrected chi connectivity index (χ3v) is 6.89. The first-order valence-electron chi connectivity index (χ1n) is 12.4. The van der Waals surface area contributed by atoms with E-state index in [-0.39, 0.29) is 17.1 Å². The van der Waals surface area contributed by atoms with E-state index in [0.717, 1.165) is 23.1 Å². The maximum Gasteiger partial charge on any atom is 0.291 e. The fraction of sp³-hybridized carbons (Fsp3) is 0.267. The molecule has 6 nitrogen and oxygen atoms in total. The van der Waals surface area contributed by atoms with Crippen LogP contribution in [0.25, 0.3) is 11.0 Å². The number of carbonyl (C=O) groups is 1. The summed E-state index contributed by atoms with van der Waals surface area (Å²) in [5.74, 6) is 0.918. The molecule has 1 aliphatic rings. The molecule has 190 valence electrons. The molecule has 1 unspecified atom stereocenters. The standard InChI is InChI=1S/C30H28ClNO5/c1-4-13-36-23-12-11-20(15-25(23)35-5-2)27-26-28(33)21-16-22(31)18(3)14-24(21)37-29(26)30(34)32(27)17-19-9-7-6-8-10-19/h6-12,14-16,27H,4-5,13,17H2,1-3H3. The second-order valence-electron chi connectivity index (χ2n) is 9.08. The smallest absolute Gasteiger partial charge is 0.291 e. The van der Waals surface area contributed by atoms with Crippen LogP contribution in [-0.2, 0) is 6.54 Å². The number of benzene rings is 3. The Balaban J connectivity index is 1.71. The number of nitrogens with zero attached hydrogens (tertiary/aromatic N) is 1. The van der Waals surface area contributed by atoms with Crippen LogP contribution in [-0.4, -0.2) is 24.0 Å². The van der Waals surface area contributed by atoms with Gasteiger partial charge in [0.15, 0.2) is 16.9 Å². The van der Waals surface area contributed by atoms with Crippen molar-refractivity contribution in [2.75, 3.05) is 13.2 Å². The third-order valence-electron chi connectivity index (χ3n) is 6.49. The average molecular weight is 518 g/mol. The molecule has 0 aliphatic carbocycles. The number of ether oxygens (including phenoxy) is 2. The van der Waals surface area contributed by atoms with E-state index < -0.39 is 6.04 Å². The van der Waals surface area contributed by atoms with Gasteiger partial charge >= 0.3 is 0 Å². The maximum absolute atomic E-state index is 13.9. The molecule has 7 heteroatoms. The molecular formula is C30H28ClNO5. The fourth-order valence-electron chi connectivity index (χ4n) is 4.72. The summed E-state index contributed by atoms with van der Waals surface area (Å²) in [6.07, 6.45) is 0.860. The zero-order chi connectivity index (χ0) is 26.1. The first-order valence-corrected chi connectivity index (χ1v) is 12.8.